The van der Waals surface area contributed by atoms with Crippen molar-refractivity contribution in [1.29, 1.82) is 0 Å². The van der Waals surface area contributed by atoms with Crippen molar-refractivity contribution < 1.29 is 4.79 Å². The number of nitrogens with one attached hydrogen (secondary N) is 2. The molecule has 1 amide bonds. The van der Waals surface area contributed by atoms with Crippen molar-refractivity contribution in [3.8, 4) is 0 Å². The molecule has 2 aromatic rings. The van der Waals surface area contributed by atoms with Crippen LogP contribution in [0.1, 0.15) is 27.0 Å². The molecular formula is C13H18N4OS2. The number of anilines is 1. The molecule has 0 bridgehead atoms. The second kappa shape index (κ2) is 6.41. The summed E-state index contributed by atoms with van der Waals surface area (Å²) in [5, 5.41) is 10.9. The summed E-state index contributed by atoms with van der Waals surface area (Å²) < 4.78 is 0. The van der Waals surface area contributed by atoms with Crippen molar-refractivity contribution in [3.63, 3.8) is 0 Å². The summed E-state index contributed by atoms with van der Waals surface area (Å²) in [6.07, 6.45) is 0. The highest BCUT2D eigenvalue weighted by molar-refractivity contribution is 7.99. The molecule has 0 aliphatic heterocycles. The fourth-order valence-corrected chi connectivity index (χ4v) is 3.56. The molecule has 0 aliphatic carbocycles. The van der Waals surface area contributed by atoms with Crippen LogP contribution in [0, 0.1) is 27.7 Å². The Morgan fingerprint density at radius 2 is 2.05 bits per heavy atom. The SMILES string of the molecule is Cc1nc(CSCC(=O)Nc2c(C)n[nH]c2C)sc1C. The first-order valence-corrected chi connectivity index (χ1v) is 8.26. The van der Waals surface area contributed by atoms with E-state index in [-0.39, 0.29) is 5.91 Å². The zero-order valence-electron chi connectivity index (χ0n) is 12.0. The molecule has 0 spiro atoms. The molecule has 0 fully saturated rings. The molecule has 0 atom stereocenters. The van der Waals surface area contributed by atoms with Gasteiger partial charge in [-0.25, -0.2) is 4.98 Å². The van der Waals surface area contributed by atoms with Crippen LogP contribution in [0.4, 0.5) is 5.69 Å². The Balaban J connectivity index is 1.81. The number of thioether (sulfide) groups is 1. The average molecular weight is 310 g/mol. The average Bonchev–Trinajstić information content (AvgIpc) is 2.86. The minimum atomic E-state index is -0.00685. The van der Waals surface area contributed by atoms with Crippen LogP contribution in [0.25, 0.3) is 0 Å². The summed E-state index contributed by atoms with van der Waals surface area (Å²) in [7, 11) is 0. The molecule has 0 saturated carbocycles. The van der Waals surface area contributed by atoms with Crippen molar-refractivity contribution in [2.75, 3.05) is 11.1 Å². The third-order valence-corrected chi connectivity index (χ3v) is 5.12. The number of nitrogens with zero attached hydrogens (tertiary/aromatic N) is 2. The summed E-state index contributed by atoms with van der Waals surface area (Å²) in [6, 6.07) is 0. The van der Waals surface area contributed by atoms with Crippen molar-refractivity contribution in [2.24, 2.45) is 0 Å². The summed E-state index contributed by atoms with van der Waals surface area (Å²) >= 11 is 3.27. The first-order valence-electron chi connectivity index (χ1n) is 6.29. The number of hydrogen-bond donors (Lipinski definition) is 2. The van der Waals surface area contributed by atoms with Gasteiger partial charge < -0.3 is 5.32 Å². The number of hydrogen-bond acceptors (Lipinski definition) is 5. The van der Waals surface area contributed by atoms with Crippen LogP contribution in [-0.2, 0) is 10.5 Å². The molecule has 0 radical (unpaired) electrons. The number of thiazole rings is 1. The Morgan fingerprint density at radius 3 is 2.60 bits per heavy atom. The predicted molar refractivity (Wildman–Crippen MR) is 84.4 cm³/mol. The van der Waals surface area contributed by atoms with Gasteiger partial charge in [0, 0.05) is 10.6 Å². The van der Waals surface area contributed by atoms with E-state index in [0.29, 0.717) is 5.75 Å². The molecule has 0 aliphatic rings. The molecule has 0 unspecified atom stereocenters. The monoisotopic (exact) mass is 310 g/mol. The predicted octanol–water partition coefficient (Wildman–Crippen LogP) is 2.97. The maximum atomic E-state index is 11.9. The summed E-state index contributed by atoms with van der Waals surface area (Å²) in [5.74, 6) is 1.19. The van der Waals surface area contributed by atoms with Gasteiger partial charge in [0.05, 0.1) is 28.5 Å². The molecule has 2 heterocycles. The Kier molecular flexibility index (Phi) is 4.82. The fraction of sp³-hybridized carbons (Fsp3) is 0.462. The van der Waals surface area contributed by atoms with E-state index in [1.54, 1.807) is 23.1 Å². The maximum absolute atomic E-state index is 11.9. The smallest absolute Gasteiger partial charge is 0.234 e. The quantitative estimate of drug-likeness (QED) is 0.890. The Labute approximate surface area is 126 Å². The Hall–Kier alpha value is -1.34. The lowest BCUT2D eigenvalue weighted by Gasteiger charge is -2.04. The number of amides is 1. The van der Waals surface area contributed by atoms with Crippen molar-refractivity contribution >= 4 is 34.7 Å². The third kappa shape index (κ3) is 3.61. The number of H-pyrrole nitrogens is 1. The van der Waals surface area contributed by atoms with Gasteiger partial charge in [-0.3, -0.25) is 9.89 Å². The van der Waals surface area contributed by atoms with Gasteiger partial charge in [-0.15, -0.1) is 23.1 Å². The third-order valence-electron chi connectivity index (χ3n) is 2.92. The van der Waals surface area contributed by atoms with Crippen LogP contribution >= 0.6 is 23.1 Å². The zero-order valence-corrected chi connectivity index (χ0v) is 13.7. The van der Waals surface area contributed by atoms with Crippen molar-refractivity contribution in [3.05, 3.63) is 27.0 Å². The van der Waals surface area contributed by atoms with Gasteiger partial charge in [0.15, 0.2) is 0 Å². The second-order valence-corrected chi connectivity index (χ2v) is 6.87. The van der Waals surface area contributed by atoms with Crippen molar-refractivity contribution in [2.45, 2.75) is 33.4 Å². The van der Waals surface area contributed by atoms with Crippen LogP contribution in [-0.4, -0.2) is 26.8 Å². The van der Waals surface area contributed by atoms with E-state index in [1.165, 1.54) is 4.88 Å². The van der Waals surface area contributed by atoms with E-state index in [2.05, 4.69) is 27.4 Å². The molecular weight excluding hydrogens is 292 g/mol. The molecule has 0 aromatic carbocycles. The first kappa shape index (κ1) is 15.1. The number of rotatable bonds is 5. The Morgan fingerprint density at radius 1 is 1.30 bits per heavy atom. The molecule has 108 valence electrons. The molecule has 0 saturated heterocycles. The van der Waals surface area contributed by atoms with Gasteiger partial charge in [0.2, 0.25) is 5.91 Å². The maximum Gasteiger partial charge on any atom is 0.234 e. The van der Waals surface area contributed by atoms with Crippen molar-refractivity contribution in [1.82, 2.24) is 15.2 Å². The molecule has 7 heteroatoms. The van der Waals surface area contributed by atoms with Crippen LogP contribution in [0.3, 0.4) is 0 Å². The highest BCUT2D eigenvalue weighted by Crippen LogP contribution is 2.22. The minimum absolute atomic E-state index is 0.00685. The molecule has 2 aromatic heterocycles. The van der Waals surface area contributed by atoms with Crippen LogP contribution in [0.2, 0.25) is 0 Å². The molecule has 5 nitrogen and oxygen atoms in total. The number of aromatic amines is 1. The number of carbonyl (C=O) groups excluding carboxylic acids is 1. The fourth-order valence-electron chi connectivity index (χ4n) is 1.74. The summed E-state index contributed by atoms with van der Waals surface area (Å²) in [4.78, 5) is 17.6. The second-order valence-electron chi connectivity index (χ2n) is 4.60. The zero-order chi connectivity index (χ0) is 14.7. The highest BCUT2D eigenvalue weighted by Gasteiger charge is 2.11. The number of aryl methyl sites for hydroxylation is 4. The normalized spacial score (nSPS) is 10.8. The largest absolute Gasteiger partial charge is 0.322 e. The van der Waals surface area contributed by atoms with Gasteiger partial charge in [0.25, 0.3) is 0 Å². The van der Waals surface area contributed by atoms with E-state index in [0.717, 1.165) is 33.5 Å². The van der Waals surface area contributed by atoms with Crippen LogP contribution in [0.15, 0.2) is 0 Å². The number of carbonyl (C=O) groups is 1. The van der Waals surface area contributed by atoms with E-state index < -0.39 is 0 Å². The lowest BCUT2D eigenvalue weighted by Crippen LogP contribution is -2.15. The van der Waals surface area contributed by atoms with Crippen LogP contribution < -0.4 is 5.32 Å². The van der Waals surface area contributed by atoms with E-state index in [9.17, 15) is 4.79 Å². The minimum Gasteiger partial charge on any atom is -0.322 e. The molecule has 20 heavy (non-hydrogen) atoms. The van der Waals surface area contributed by atoms with Gasteiger partial charge in [-0.2, -0.15) is 5.10 Å². The molecule has 2 N–H and O–H groups in total. The van der Waals surface area contributed by atoms with Gasteiger partial charge in [0.1, 0.15) is 5.01 Å². The topological polar surface area (TPSA) is 70.7 Å². The van der Waals surface area contributed by atoms with Crippen LogP contribution in [0.5, 0.6) is 0 Å². The lowest BCUT2D eigenvalue weighted by molar-refractivity contribution is -0.113. The summed E-state index contributed by atoms with van der Waals surface area (Å²) in [6.45, 7) is 7.84. The van der Waals surface area contributed by atoms with E-state index in [1.807, 2.05) is 20.8 Å². The summed E-state index contributed by atoms with van der Waals surface area (Å²) in [5.41, 5.74) is 3.57. The van der Waals surface area contributed by atoms with Gasteiger partial charge in [-0.05, 0) is 27.7 Å². The number of aromatic nitrogens is 3. The van der Waals surface area contributed by atoms with Gasteiger partial charge in [-0.1, -0.05) is 0 Å². The Bertz CT molecular complexity index is 579. The molecule has 2 rings (SSSR count). The highest BCUT2D eigenvalue weighted by atomic mass is 32.2. The van der Waals surface area contributed by atoms with Gasteiger partial charge >= 0.3 is 0 Å². The van der Waals surface area contributed by atoms with E-state index >= 15 is 0 Å². The van der Waals surface area contributed by atoms with E-state index in [4.69, 9.17) is 0 Å². The first-order chi connectivity index (χ1) is 9.47. The standard InChI is InChI=1S/C13H18N4OS2/c1-7-10(4)20-12(14-7)6-19-5-11(18)15-13-8(2)16-17-9(13)3/h5-6H2,1-4H3,(H,15,18)(H,16,17). The lowest BCUT2D eigenvalue weighted by atomic mass is 10.3.